The van der Waals surface area contributed by atoms with E-state index >= 15 is 0 Å². The second kappa shape index (κ2) is 3.08. The lowest BCUT2D eigenvalue weighted by atomic mass is 10.2. The molecule has 12 heavy (non-hydrogen) atoms. The van der Waals surface area contributed by atoms with Crippen molar-refractivity contribution in [1.29, 1.82) is 0 Å². The second-order valence-corrected chi connectivity index (χ2v) is 4.47. The first-order valence-electron chi connectivity index (χ1n) is 3.41. The van der Waals surface area contributed by atoms with Gasteiger partial charge in [0.1, 0.15) is 3.79 Å². The van der Waals surface area contributed by atoms with Crippen molar-refractivity contribution >= 4 is 38.5 Å². The van der Waals surface area contributed by atoms with Crippen LogP contribution in [0.1, 0.15) is 5.56 Å². The Morgan fingerprint density at radius 1 is 1.58 bits per heavy atom. The zero-order valence-corrected chi connectivity index (χ0v) is 8.52. The Kier molecular flexibility index (Phi) is 2.08. The third-order valence-corrected chi connectivity index (χ3v) is 3.09. The van der Waals surface area contributed by atoms with E-state index in [1.165, 1.54) is 11.5 Å². The molecule has 0 atom stereocenters. The minimum absolute atomic E-state index is 0.519. The van der Waals surface area contributed by atoms with E-state index in [2.05, 4.69) is 25.3 Å². The quantitative estimate of drug-likeness (QED) is 0.833. The van der Waals surface area contributed by atoms with Crippen LogP contribution in [0.5, 0.6) is 0 Å². The summed E-state index contributed by atoms with van der Waals surface area (Å²) in [5.41, 5.74) is 7.30. The van der Waals surface area contributed by atoms with Crippen LogP contribution in [-0.2, 0) is 6.54 Å². The number of nitrogens with two attached hydrogens (primary N) is 1. The van der Waals surface area contributed by atoms with E-state index in [1.807, 2.05) is 6.07 Å². The highest BCUT2D eigenvalue weighted by atomic mass is 79.9. The summed E-state index contributed by atoms with van der Waals surface area (Å²) in [6, 6.07) is 2.01. The molecule has 2 rings (SSSR count). The Morgan fingerprint density at radius 3 is 3.17 bits per heavy atom. The van der Waals surface area contributed by atoms with Crippen LogP contribution in [-0.4, -0.2) is 9.36 Å². The molecule has 0 aliphatic rings. The van der Waals surface area contributed by atoms with Gasteiger partial charge < -0.3 is 5.73 Å². The fourth-order valence-electron chi connectivity index (χ4n) is 0.962. The second-order valence-electron chi connectivity index (χ2n) is 2.38. The minimum atomic E-state index is 0.519. The first-order chi connectivity index (χ1) is 5.81. The summed E-state index contributed by atoms with van der Waals surface area (Å²) in [7, 11) is 0. The molecule has 2 aromatic heterocycles. The topological polar surface area (TPSA) is 51.8 Å². The molecule has 2 heterocycles. The van der Waals surface area contributed by atoms with Crippen molar-refractivity contribution in [1.82, 2.24) is 9.36 Å². The molecule has 0 aliphatic heterocycles. The molecule has 0 radical (unpaired) electrons. The van der Waals surface area contributed by atoms with Gasteiger partial charge in [0, 0.05) is 18.1 Å². The maximum atomic E-state index is 5.49. The van der Waals surface area contributed by atoms with Gasteiger partial charge in [-0.1, -0.05) is 0 Å². The molecule has 0 saturated carbocycles. The summed E-state index contributed by atoms with van der Waals surface area (Å²) in [4.78, 5) is 4.16. The predicted molar refractivity (Wildman–Crippen MR) is 53.0 cm³/mol. The molecule has 2 aromatic rings. The molecule has 2 N–H and O–H groups in total. The zero-order chi connectivity index (χ0) is 8.55. The highest BCUT2D eigenvalue weighted by Gasteiger charge is 2.04. The summed E-state index contributed by atoms with van der Waals surface area (Å²) in [5.74, 6) is 0. The van der Waals surface area contributed by atoms with Crippen LogP contribution >= 0.6 is 27.5 Å². The molecular weight excluding hydrogens is 238 g/mol. The third kappa shape index (κ3) is 1.24. The van der Waals surface area contributed by atoms with Gasteiger partial charge in [0.15, 0.2) is 5.65 Å². The monoisotopic (exact) mass is 243 g/mol. The highest BCUT2D eigenvalue weighted by Crippen LogP contribution is 2.26. The molecule has 0 unspecified atom stereocenters. The van der Waals surface area contributed by atoms with E-state index < -0.39 is 0 Å². The lowest BCUT2D eigenvalue weighted by Gasteiger charge is -1.94. The summed E-state index contributed by atoms with van der Waals surface area (Å²) in [6.45, 7) is 0.519. The van der Waals surface area contributed by atoms with Gasteiger partial charge in [-0.15, -0.1) is 0 Å². The van der Waals surface area contributed by atoms with Crippen molar-refractivity contribution in [2.75, 3.05) is 0 Å². The van der Waals surface area contributed by atoms with Crippen LogP contribution in [0.2, 0.25) is 0 Å². The van der Waals surface area contributed by atoms with E-state index in [0.29, 0.717) is 6.54 Å². The minimum Gasteiger partial charge on any atom is -0.326 e. The summed E-state index contributed by atoms with van der Waals surface area (Å²) in [5, 5.41) is 1.04. The van der Waals surface area contributed by atoms with Crippen molar-refractivity contribution in [2.24, 2.45) is 5.73 Å². The summed E-state index contributed by atoms with van der Waals surface area (Å²) in [6.07, 6.45) is 1.76. The van der Waals surface area contributed by atoms with Crippen molar-refractivity contribution in [3.63, 3.8) is 0 Å². The summed E-state index contributed by atoms with van der Waals surface area (Å²) < 4.78 is 5.15. The molecule has 0 aliphatic carbocycles. The SMILES string of the molecule is NCc1cnc2nsc(Br)c2c1. The van der Waals surface area contributed by atoms with Gasteiger partial charge >= 0.3 is 0 Å². The molecule has 3 nitrogen and oxygen atoms in total. The van der Waals surface area contributed by atoms with Crippen LogP contribution in [0.4, 0.5) is 0 Å². The number of fused-ring (bicyclic) bond motifs is 1. The Labute approximate surface area is 81.9 Å². The van der Waals surface area contributed by atoms with Crippen LogP contribution in [0.15, 0.2) is 16.0 Å². The van der Waals surface area contributed by atoms with Gasteiger partial charge in [-0.3, -0.25) is 0 Å². The van der Waals surface area contributed by atoms with Gasteiger partial charge in [-0.25, -0.2) is 4.98 Å². The first kappa shape index (κ1) is 8.10. The van der Waals surface area contributed by atoms with E-state index in [9.17, 15) is 0 Å². The largest absolute Gasteiger partial charge is 0.326 e. The lowest BCUT2D eigenvalue weighted by molar-refractivity contribution is 1.06. The van der Waals surface area contributed by atoms with Crippen molar-refractivity contribution in [3.8, 4) is 0 Å². The number of aromatic nitrogens is 2. The fraction of sp³-hybridized carbons (Fsp3) is 0.143. The van der Waals surface area contributed by atoms with Gasteiger partial charge in [0.05, 0.1) is 0 Å². The smallest absolute Gasteiger partial charge is 0.173 e. The van der Waals surface area contributed by atoms with Crippen LogP contribution < -0.4 is 5.73 Å². The zero-order valence-electron chi connectivity index (χ0n) is 6.12. The number of hydrogen-bond acceptors (Lipinski definition) is 4. The van der Waals surface area contributed by atoms with Crippen LogP contribution in [0, 0.1) is 0 Å². The van der Waals surface area contributed by atoms with Gasteiger partial charge in [-0.2, -0.15) is 4.37 Å². The molecular formula is C7H6BrN3S. The molecule has 0 spiro atoms. The van der Waals surface area contributed by atoms with Crippen LogP contribution in [0.3, 0.4) is 0 Å². The Morgan fingerprint density at radius 2 is 2.42 bits per heavy atom. The van der Waals surface area contributed by atoms with Gasteiger partial charge in [-0.05, 0) is 39.1 Å². The Bertz CT molecular complexity index is 412. The van der Waals surface area contributed by atoms with E-state index in [0.717, 1.165) is 20.4 Å². The third-order valence-electron chi connectivity index (χ3n) is 1.58. The molecule has 62 valence electrons. The fourth-order valence-corrected chi connectivity index (χ4v) is 2.03. The average molecular weight is 244 g/mol. The lowest BCUT2D eigenvalue weighted by Crippen LogP contribution is -1.96. The van der Waals surface area contributed by atoms with E-state index in [1.54, 1.807) is 6.20 Å². The van der Waals surface area contributed by atoms with Crippen molar-refractivity contribution in [2.45, 2.75) is 6.54 Å². The summed E-state index contributed by atoms with van der Waals surface area (Å²) >= 11 is 4.81. The molecule has 0 amide bonds. The number of hydrogen-bond donors (Lipinski definition) is 1. The molecule has 0 bridgehead atoms. The Hall–Kier alpha value is -0.520. The number of pyridine rings is 1. The molecule has 0 aromatic carbocycles. The normalized spacial score (nSPS) is 10.8. The standard InChI is InChI=1S/C7H6BrN3S/c8-6-5-1-4(2-9)3-10-7(5)11-12-6/h1,3H,2,9H2. The van der Waals surface area contributed by atoms with E-state index in [4.69, 9.17) is 5.73 Å². The van der Waals surface area contributed by atoms with E-state index in [-0.39, 0.29) is 0 Å². The average Bonchev–Trinajstić information content (AvgIpc) is 2.47. The molecule has 0 fully saturated rings. The molecule has 5 heteroatoms. The van der Waals surface area contributed by atoms with Crippen LogP contribution in [0.25, 0.3) is 11.0 Å². The van der Waals surface area contributed by atoms with Gasteiger partial charge in [0.2, 0.25) is 0 Å². The predicted octanol–water partition coefficient (Wildman–Crippen LogP) is 1.91. The number of rotatable bonds is 1. The maximum absolute atomic E-state index is 5.49. The van der Waals surface area contributed by atoms with Gasteiger partial charge in [0.25, 0.3) is 0 Å². The highest BCUT2D eigenvalue weighted by molar-refractivity contribution is 9.11. The number of halogens is 1. The van der Waals surface area contributed by atoms with Crippen molar-refractivity contribution in [3.05, 3.63) is 21.6 Å². The Balaban J connectivity index is 2.71. The number of nitrogens with zero attached hydrogens (tertiary/aromatic N) is 2. The maximum Gasteiger partial charge on any atom is 0.173 e. The molecule has 0 saturated heterocycles. The first-order valence-corrected chi connectivity index (χ1v) is 4.98. The van der Waals surface area contributed by atoms with Crippen molar-refractivity contribution < 1.29 is 0 Å².